The van der Waals surface area contributed by atoms with Crippen LogP contribution in [0.4, 0.5) is 5.69 Å². The van der Waals surface area contributed by atoms with E-state index in [9.17, 15) is 16.8 Å². The highest BCUT2D eigenvalue weighted by molar-refractivity contribution is 7.92. The largest absolute Gasteiger partial charge is 0.278 e. The van der Waals surface area contributed by atoms with Crippen LogP contribution in [0.1, 0.15) is 27.8 Å². The zero-order chi connectivity index (χ0) is 18.4. The molecule has 0 atom stereocenters. The van der Waals surface area contributed by atoms with Crippen molar-refractivity contribution in [2.45, 2.75) is 39.5 Å². The molecule has 0 amide bonds. The van der Waals surface area contributed by atoms with E-state index in [1.165, 1.54) is 18.5 Å². The zero-order valence-corrected chi connectivity index (χ0v) is 16.3. The Bertz CT molecular complexity index is 988. The second-order valence-corrected chi connectivity index (χ2v) is 9.56. The molecule has 132 valence electrons. The fourth-order valence-corrected chi connectivity index (χ4v) is 4.95. The van der Waals surface area contributed by atoms with Gasteiger partial charge in [0.1, 0.15) is 0 Å². The molecular formula is C16H22N2O4S2. The van der Waals surface area contributed by atoms with E-state index in [4.69, 9.17) is 0 Å². The van der Waals surface area contributed by atoms with Crippen LogP contribution in [-0.2, 0) is 20.0 Å². The van der Waals surface area contributed by atoms with Gasteiger partial charge in [-0.15, -0.1) is 0 Å². The number of sulfonamides is 1. The van der Waals surface area contributed by atoms with E-state index in [1.54, 1.807) is 13.8 Å². The number of hydrogen-bond donors (Lipinski definition) is 1. The number of benzene rings is 1. The molecule has 0 saturated heterocycles. The van der Waals surface area contributed by atoms with Crippen molar-refractivity contribution in [3.63, 3.8) is 0 Å². The van der Waals surface area contributed by atoms with Crippen molar-refractivity contribution >= 4 is 25.7 Å². The first kappa shape index (κ1) is 18.5. The minimum Gasteiger partial charge on any atom is -0.278 e. The van der Waals surface area contributed by atoms with Crippen molar-refractivity contribution < 1.29 is 16.8 Å². The SMILES string of the molecule is Cc1c(C)c(C)c(S(=O)(=O)Nc2ccn(S(C)(=O)=O)c2)c(C)c1C. The van der Waals surface area contributed by atoms with Gasteiger partial charge in [0.25, 0.3) is 10.0 Å². The van der Waals surface area contributed by atoms with Gasteiger partial charge in [-0.05, 0) is 68.5 Å². The van der Waals surface area contributed by atoms with E-state index < -0.39 is 20.0 Å². The second kappa shape index (κ2) is 5.93. The van der Waals surface area contributed by atoms with Crippen LogP contribution >= 0.6 is 0 Å². The van der Waals surface area contributed by atoms with E-state index in [-0.39, 0.29) is 10.6 Å². The van der Waals surface area contributed by atoms with Crippen molar-refractivity contribution in [3.05, 3.63) is 46.3 Å². The van der Waals surface area contributed by atoms with Crippen LogP contribution in [0.3, 0.4) is 0 Å². The average molecular weight is 370 g/mol. The van der Waals surface area contributed by atoms with E-state index >= 15 is 0 Å². The van der Waals surface area contributed by atoms with Gasteiger partial charge in [-0.2, -0.15) is 0 Å². The smallest absolute Gasteiger partial charge is 0.262 e. The molecule has 0 aliphatic heterocycles. The molecule has 1 heterocycles. The fraction of sp³-hybridized carbons (Fsp3) is 0.375. The third kappa shape index (κ3) is 3.21. The predicted octanol–water partition coefficient (Wildman–Crippen LogP) is 2.64. The average Bonchev–Trinajstić information content (AvgIpc) is 2.90. The quantitative estimate of drug-likeness (QED) is 0.896. The van der Waals surface area contributed by atoms with Crippen LogP contribution in [0.15, 0.2) is 23.4 Å². The predicted molar refractivity (Wildman–Crippen MR) is 95.6 cm³/mol. The number of rotatable bonds is 4. The molecule has 2 rings (SSSR count). The number of aromatic nitrogens is 1. The van der Waals surface area contributed by atoms with Gasteiger partial charge < -0.3 is 0 Å². The summed E-state index contributed by atoms with van der Waals surface area (Å²) >= 11 is 0. The Kier molecular flexibility index (Phi) is 4.58. The number of anilines is 1. The van der Waals surface area contributed by atoms with Gasteiger partial charge >= 0.3 is 0 Å². The van der Waals surface area contributed by atoms with Crippen LogP contribution in [-0.4, -0.2) is 27.1 Å². The highest BCUT2D eigenvalue weighted by atomic mass is 32.2. The molecule has 0 fully saturated rings. The summed E-state index contributed by atoms with van der Waals surface area (Å²) in [7, 11) is -7.28. The van der Waals surface area contributed by atoms with Gasteiger partial charge in [-0.3, -0.25) is 8.69 Å². The van der Waals surface area contributed by atoms with Crippen molar-refractivity contribution in [2.24, 2.45) is 0 Å². The summed E-state index contributed by atoms with van der Waals surface area (Å²) in [6, 6.07) is 1.41. The molecular weight excluding hydrogens is 348 g/mol. The lowest BCUT2D eigenvalue weighted by Crippen LogP contribution is -2.17. The third-order valence-corrected chi connectivity index (χ3v) is 7.15. The standard InChI is InChI=1S/C16H22N2O4S2/c1-10-11(2)13(4)16(14(5)12(10)3)24(21,22)17-15-7-8-18(9-15)23(6,19)20/h7-9,17H,1-6H3. The van der Waals surface area contributed by atoms with Gasteiger partial charge in [-0.25, -0.2) is 16.8 Å². The molecule has 8 heteroatoms. The van der Waals surface area contributed by atoms with E-state index in [2.05, 4.69) is 4.72 Å². The molecule has 1 aromatic carbocycles. The van der Waals surface area contributed by atoms with Gasteiger partial charge in [0.2, 0.25) is 10.0 Å². The topological polar surface area (TPSA) is 85.2 Å². The Balaban J connectivity index is 2.55. The molecule has 0 bridgehead atoms. The van der Waals surface area contributed by atoms with Gasteiger partial charge in [-0.1, -0.05) is 0 Å². The summed E-state index contributed by atoms with van der Waals surface area (Å²) < 4.78 is 52.1. The highest BCUT2D eigenvalue weighted by Crippen LogP contribution is 2.30. The number of nitrogens with zero attached hydrogens (tertiary/aromatic N) is 1. The lowest BCUT2D eigenvalue weighted by atomic mass is 9.95. The molecule has 0 saturated carbocycles. The Morgan fingerprint density at radius 3 is 1.71 bits per heavy atom. The Morgan fingerprint density at radius 2 is 1.29 bits per heavy atom. The number of nitrogens with one attached hydrogen (secondary N) is 1. The van der Waals surface area contributed by atoms with Crippen LogP contribution < -0.4 is 4.72 Å². The summed E-state index contributed by atoms with van der Waals surface area (Å²) in [5.41, 5.74) is 4.55. The van der Waals surface area contributed by atoms with Crippen LogP contribution in [0.2, 0.25) is 0 Å². The monoisotopic (exact) mass is 370 g/mol. The Labute approximate surface area is 143 Å². The maximum atomic E-state index is 12.8. The first-order valence-electron chi connectivity index (χ1n) is 7.34. The molecule has 1 aromatic heterocycles. The van der Waals surface area contributed by atoms with E-state index in [0.29, 0.717) is 11.1 Å². The highest BCUT2D eigenvalue weighted by Gasteiger charge is 2.24. The van der Waals surface area contributed by atoms with Gasteiger partial charge in [0, 0.05) is 12.4 Å². The molecule has 0 radical (unpaired) electrons. The fourth-order valence-electron chi connectivity index (χ4n) is 2.72. The first-order valence-corrected chi connectivity index (χ1v) is 10.7. The van der Waals surface area contributed by atoms with Gasteiger partial charge in [0.05, 0.1) is 16.8 Å². The molecule has 24 heavy (non-hydrogen) atoms. The summed E-state index contributed by atoms with van der Waals surface area (Å²) in [5, 5.41) is 0. The van der Waals surface area contributed by atoms with Crippen LogP contribution in [0.5, 0.6) is 0 Å². The molecule has 0 aliphatic carbocycles. The van der Waals surface area contributed by atoms with Crippen LogP contribution in [0, 0.1) is 34.6 Å². The maximum Gasteiger partial charge on any atom is 0.262 e. The maximum absolute atomic E-state index is 12.8. The first-order chi connectivity index (χ1) is 10.9. The summed E-state index contributed by atoms with van der Waals surface area (Å²) in [6.45, 7) is 9.34. The molecule has 6 nitrogen and oxygen atoms in total. The van der Waals surface area contributed by atoms with Crippen molar-refractivity contribution in [3.8, 4) is 0 Å². The lowest BCUT2D eigenvalue weighted by molar-refractivity contribution is 0.593. The zero-order valence-electron chi connectivity index (χ0n) is 14.6. The lowest BCUT2D eigenvalue weighted by Gasteiger charge is -2.19. The molecule has 0 unspecified atom stereocenters. The molecule has 2 aromatic rings. The van der Waals surface area contributed by atoms with Crippen molar-refractivity contribution in [1.82, 2.24) is 3.97 Å². The summed E-state index contributed by atoms with van der Waals surface area (Å²) in [6.07, 6.45) is 3.59. The van der Waals surface area contributed by atoms with Crippen molar-refractivity contribution in [2.75, 3.05) is 11.0 Å². The molecule has 1 N–H and O–H groups in total. The minimum atomic E-state index is -3.83. The van der Waals surface area contributed by atoms with Crippen molar-refractivity contribution in [1.29, 1.82) is 0 Å². The molecule has 0 spiro atoms. The minimum absolute atomic E-state index is 0.204. The Hall–Kier alpha value is -1.80. The third-order valence-electron chi connectivity index (χ3n) is 4.50. The van der Waals surface area contributed by atoms with Gasteiger partial charge in [0.15, 0.2) is 0 Å². The normalized spacial score (nSPS) is 12.4. The van der Waals surface area contributed by atoms with E-state index in [1.807, 2.05) is 20.8 Å². The summed E-state index contributed by atoms with van der Waals surface area (Å²) in [4.78, 5) is 0.246. The Morgan fingerprint density at radius 1 is 0.833 bits per heavy atom. The number of hydrogen-bond acceptors (Lipinski definition) is 4. The van der Waals surface area contributed by atoms with E-state index in [0.717, 1.165) is 26.9 Å². The summed E-state index contributed by atoms with van der Waals surface area (Å²) in [5.74, 6) is 0. The molecule has 0 aliphatic rings. The second-order valence-electron chi connectivity index (χ2n) is 6.05. The van der Waals surface area contributed by atoms with Crippen LogP contribution in [0.25, 0.3) is 0 Å².